The summed E-state index contributed by atoms with van der Waals surface area (Å²) in [7, 11) is 1.47. The van der Waals surface area contributed by atoms with Gasteiger partial charge in [-0.2, -0.15) is 0 Å². The lowest BCUT2D eigenvalue weighted by Gasteiger charge is -2.55. The minimum atomic E-state index is -0.511. The summed E-state index contributed by atoms with van der Waals surface area (Å²) in [4.78, 5) is 12.6. The molecular weight excluding hydrogens is 316 g/mol. The second-order valence-electron chi connectivity index (χ2n) is 8.70. The molecular formula is C21H28O4. The molecule has 3 aliphatic carbocycles. The van der Waals surface area contributed by atoms with Crippen LogP contribution in [0.5, 0.6) is 0 Å². The molecule has 0 saturated heterocycles. The molecule has 2 fully saturated rings. The van der Waals surface area contributed by atoms with E-state index in [0.717, 1.165) is 32.1 Å². The molecule has 4 nitrogen and oxygen atoms in total. The predicted molar refractivity (Wildman–Crippen MR) is 93.7 cm³/mol. The second-order valence-corrected chi connectivity index (χ2v) is 8.70. The van der Waals surface area contributed by atoms with E-state index >= 15 is 0 Å². The van der Waals surface area contributed by atoms with Crippen molar-refractivity contribution >= 4 is 5.97 Å². The van der Waals surface area contributed by atoms with Gasteiger partial charge in [-0.15, -0.1) is 0 Å². The van der Waals surface area contributed by atoms with E-state index in [9.17, 15) is 9.90 Å². The number of aryl methyl sites for hydroxylation is 1. The molecule has 3 aliphatic rings. The van der Waals surface area contributed by atoms with Crippen molar-refractivity contribution in [1.29, 1.82) is 0 Å². The van der Waals surface area contributed by atoms with Gasteiger partial charge in [0, 0.05) is 5.92 Å². The zero-order valence-electron chi connectivity index (χ0n) is 15.3. The summed E-state index contributed by atoms with van der Waals surface area (Å²) in [6.07, 6.45) is 11.6. The first-order valence-electron chi connectivity index (χ1n) is 9.36. The van der Waals surface area contributed by atoms with Gasteiger partial charge in [-0.1, -0.05) is 26.0 Å². The van der Waals surface area contributed by atoms with Gasteiger partial charge in [-0.3, -0.25) is 4.79 Å². The number of hydrogen-bond donors (Lipinski definition) is 1. The minimum Gasteiger partial charge on any atom is -0.472 e. The van der Waals surface area contributed by atoms with Gasteiger partial charge in [0.1, 0.15) is 0 Å². The smallest absolute Gasteiger partial charge is 0.316 e. The number of methoxy groups -OCH3 is 1. The molecule has 1 spiro atoms. The van der Waals surface area contributed by atoms with Gasteiger partial charge in [0.15, 0.2) is 0 Å². The average Bonchev–Trinajstić information content (AvgIpc) is 2.98. The third-order valence-electron chi connectivity index (χ3n) is 7.81. The largest absolute Gasteiger partial charge is 0.472 e. The van der Waals surface area contributed by atoms with Crippen LogP contribution in [0.1, 0.15) is 45.1 Å². The Morgan fingerprint density at radius 1 is 1.48 bits per heavy atom. The summed E-state index contributed by atoms with van der Waals surface area (Å²) in [5.41, 5.74) is 0.535. The summed E-state index contributed by atoms with van der Waals surface area (Å²) in [5, 5.41) is 10.9. The van der Waals surface area contributed by atoms with Crippen molar-refractivity contribution in [3.63, 3.8) is 0 Å². The van der Waals surface area contributed by atoms with Gasteiger partial charge in [0.25, 0.3) is 0 Å². The number of esters is 1. The fraction of sp³-hybridized carbons (Fsp3) is 0.667. The van der Waals surface area contributed by atoms with Gasteiger partial charge in [-0.25, -0.2) is 0 Å². The number of carbonyl (C=O) groups excluding carboxylic acids is 1. The quantitative estimate of drug-likeness (QED) is 0.668. The maximum atomic E-state index is 12.6. The zero-order valence-corrected chi connectivity index (χ0v) is 15.3. The van der Waals surface area contributed by atoms with Gasteiger partial charge in [-0.05, 0) is 60.5 Å². The van der Waals surface area contributed by atoms with Crippen molar-refractivity contribution < 1.29 is 19.1 Å². The lowest BCUT2D eigenvalue weighted by atomic mass is 9.50. The number of aliphatic hydroxyl groups excluding tert-OH is 1. The van der Waals surface area contributed by atoms with Gasteiger partial charge >= 0.3 is 5.97 Å². The first kappa shape index (κ1) is 16.9. The molecule has 2 unspecified atom stereocenters. The Balaban J connectivity index is 1.68. The summed E-state index contributed by atoms with van der Waals surface area (Å²) in [6, 6.07) is 2.01. The normalized spacial score (nSPS) is 44.7. The summed E-state index contributed by atoms with van der Waals surface area (Å²) < 4.78 is 10.4. The lowest BCUT2D eigenvalue weighted by molar-refractivity contribution is -0.152. The predicted octanol–water partition coefficient (Wildman–Crippen LogP) is 3.74. The second kappa shape index (κ2) is 5.47. The van der Waals surface area contributed by atoms with Crippen LogP contribution < -0.4 is 0 Å². The maximum Gasteiger partial charge on any atom is 0.316 e. The molecule has 1 N–H and O–H groups in total. The molecule has 136 valence electrons. The molecule has 1 heterocycles. The fourth-order valence-electron chi connectivity index (χ4n) is 6.14. The first-order chi connectivity index (χ1) is 11.9. The Morgan fingerprint density at radius 3 is 2.96 bits per heavy atom. The van der Waals surface area contributed by atoms with Crippen LogP contribution in [0.15, 0.2) is 35.2 Å². The Bertz CT molecular complexity index is 693. The van der Waals surface area contributed by atoms with E-state index in [1.165, 1.54) is 12.7 Å². The van der Waals surface area contributed by atoms with E-state index in [1.54, 1.807) is 12.5 Å². The molecule has 1 aromatic heterocycles. The molecule has 4 rings (SSSR count). The van der Waals surface area contributed by atoms with E-state index < -0.39 is 11.5 Å². The van der Waals surface area contributed by atoms with E-state index in [0.29, 0.717) is 5.92 Å². The molecule has 6 atom stereocenters. The Labute approximate surface area is 149 Å². The molecule has 1 aromatic rings. The van der Waals surface area contributed by atoms with Crippen LogP contribution in [0.3, 0.4) is 0 Å². The van der Waals surface area contributed by atoms with Crippen LogP contribution in [-0.4, -0.2) is 24.3 Å². The summed E-state index contributed by atoms with van der Waals surface area (Å²) in [6.45, 7) is 4.61. The number of ether oxygens (including phenoxy) is 1. The average molecular weight is 344 g/mol. The number of rotatable bonds is 4. The molecule has 25 heavy (non-hydrogen) atoms. The zero-order chi connectivity index (χ0) is 17.9. The number of furan rings is 1. The van der Waals surface area contributed by atoms with Crippen molar-refractivity contribution in [2.45, 2.75) is 52.1 Å². The van der Waals surface area contributed by atoms with E-state index in [-0.39, 0.29) is 22.7 Å². The van der Waals surface area contributed by atoms with Crippen LogP contribution in [0, 0.1) is 28.1 Å². The maximum absolute atomic E-state index is 12.6. The molecule has 0 amide bonds. The van der Waals surface area contributed by atoms with Crippen molar-refractivity contribution in [1.82, 2.24) is 0 Å². The molecule has 0 aromatic carbocycles. The highest BCUT2D eigenvalue weighted by Gasteiger charge is 2.79. The molecule has 4 heteroatoms. The third kappa shape index (κ3) is 2.13. The van der Waals surface area contributed by atoms with Crippen molar-refractivity contribution in [2.75, 3.05) is 7.11 Å². The number of aliphatic hydroxyl groups is 1. The Kier molecular flexibility index (Phi) is 3.70. The lowest BCUT2D eigenvalue weighted by Crippen LogP contribution is -2.53. The van der Waals surface area contributed by atoms with Gasteiger partial charge < -0.3 is 14.3 Å². The van der Waals surface area contributed by atoms with E-state index in [4.69, 9.17) is 9.15 Å². The van der Waals surface area contributed by atoms with Crippen LogP contribution in [0.2, 0.25) is 0 Å². The SMILES string of the molecule is COC(=O)[C@@]12C=CC(O)[C@H]3[C@]1(CCC(C)[C@]3(C)CCc1ccoc1)C2. The van der Waals surface area contributed by atoms with Crippen LogP contribution >= 0.6 is 0 Å². The van der Waals surface area contributed by atoms with E-state index in [2.05, 4.69) is 13.8 Å². The minimum absolute atomic E-state index is 0.0184. The van der Waals surface area contributed by atoms with Gasteiger partial charge in [0.2, 0.25) is 0 Å². The summed E-state index contributed by atoms with van der Waals surface area (Å²) >= 11 is 0. The number of hydrogen-bond acceptors (Lipinski definition) is 4. The van der Waals surface area contributed by atoms with Crippen molar-refractivity contribution in [3.8, 4) is 0 Å². The fourth-order valence-corrected chi connectivity index (χ4v) is 6.14. The third-order valence-corrected chi connectivity index (χ3v) is 7.81. The standard InChI is InChI=1S/C21H28O4/c1-14-4-9-20-13-21(20,18(23)24-3)10-6-16(22)17(20)19(14,2)8-5-15-7-11-25-12-15/h6-7,10-12,14,16-17,22H,4-5,8-9,13H2,1-3H3/t14?,16?,17-,19+,20+,21+/m1/s1. The monoisotopic (exact) mass is 344 g/mol. The Morgan fingerprint density at radius 2 is 2.28 bits per heavy atom. The molecule has 0 bridgehead atoms. The molecule has 0 radical (unpaired) electrons. The first-order valence-corrected chi connectivity index (χ1v) is 9.36. The van der Waals surface area contributed by atoms with Crippen LogP contribution in [-0.2, 0) is 16.0 Å². The molecule has 2 saturated carbocycles. The van der Waals surface area contributed by atoms with E-state index in [1.807, 2.05) is 18.2 Å². The van der Waals surface area contributed by atoms with Crippen molar-refractivity contribution in [2.24, 2.45) is 28.1 Å². The summed E-state index contributed by atoms with van der Waals surface area (Å²) in [5.74, 6) is 0.472. The highest BCUT2D eigenvalue weighted by molar-refractivity contribution is 5.85. The van der Waals surface area contributed by atoms with Crippen LogP contribution in [0.4, 0.5) is 0 Å². The van der Waals surface area contributed by atoms with Gasteiger partial charge in [0.05, 0.1) is 31.2 Å². The highest BCUT2D eigenvalue weighted by atomic mass is 16.5. The number of carbonyl (C=O) groups is 1. The highest BCUT2D eigenvalue weighted by Crippen LogP contribution is 2.79. The van der Waals surface area contributed by atoms with Crippen molar-refractivity contribution in [3.05, 3.63) is 36.3 Å². The topological polar surface area (TPSA) is 59.7 Å². The van der Waals surface area contributed by atoms with Crippen LogP contribution in [0.25, 0.3) is 0 Å². The Hall–Kier alpha value is -1.55. The molecule has 0 aliphatic heterocycles.